The Morgan fingerprint density at radius 2 is 2.26 bits per heavy atom. The van der Waals surface area contributed by atoms with Crippen molar-refractivity contribution in [2.45, 2.75) is 33.2 Å². The van der Waals surface area contributed by atoms with Crippen LogP contribution in [0, 0.1) is 5.92 Å². The van der Waals surface area contributed by atoms with E-state index in [1.165, 1.54) is 24.2 Å². The first-order valence-corrected chi connectivity index (χ1v) is 7.70. The van der Waals surface area contributed by atoms with E-state index >= 15 is 0 Å². The molecule has 0 spiro atoms. The van der Waals surface area contributed by atoms with Crippen LogP contribution >= 0.6 is 11.3 Å². The van der Waals surface area contributed by atoms with E-state index in [4.69, 9.17) is 0 Å². The molecule has 0 fully saturated rings. The number of nitrogens with zero attached hydrogens (tertiary/aromatic N) is 2. The lowest BCUT2D eigenvalue weighted by Gasteiger charge is -2.08. The summed E-state index contributed by atoms with van der Waals surface area (Å²) in [6.45, 7) is 6.99. The molecule has 2 heterocycles. The summed E-state index contributed by atoms with van der Waals surface area (Å²) < 4.78 is 2.44. The second kappa shape index (κ2) is 6.82. The summed E-state index contributed by atoms with van der Waals surface area (Å²) >= 11 is 1.46. The third-order valence-electron chi connectivity index (χ3n) is 3.10. The molecule has 0 aliphatic heterocycles. The minimum Gasteiger partial charge on any atom is -0.315 e. The van der Waals surface area contributed by atoms with Crippen molar-refractivity contribution in [2.24, 2.45) is 5.92 Å². The van der Waals surface area contributed by atoms with Crippen LogP contribution in [0.5, 0.6) is 0 Å². The van der Waals surface area contributed by atoms with Crippen molar-refractivity contribution >= 4 is 21.6 Å². The van der Waals surface area contributed by atoms with Gasteiger partial charge in [0.25, 0.3) is 5.56 Å². The van der Waals surface area contributed by atoms with Crippen molar-refractivity contribution in [3.8, 4) is 0 Å². The number of aromatic nitrogens is 2. The molecule has 0 radical (unpaired) electrons. The van der Waals surface area contributed by atoms with Crippen molar-refractivity contribution in [1.29, 1.82) is 0 Å². The van der Waals surface area contributed by atoms with Crippen molar-refractivity contribution in [1.82, 2.24) is 14.9 Å². The van der Waals surface area contributed by atoms with E-state index in [2.05, 4.69) is 24.1 Å². The number of nitrogens with one attached hydrogen (secondary N) is 1. The summed E-state index contributed by atoms with van der Waals surface area (Å²) in [5, 5.41) is 5.28. The zero-order valence-corrected chi connectivity index (χ0v) is 12.4. The average Bonchev–Trinajstić information content (AvgIpc) is 2.84. The van der Waals surface area contributed by atoms with Gasteiger partial charge in [-0.1, -0.05) is 13.8 Å². The molecule has 2 aromatic rings. The molecule has 2 aromatic heterocycles. The molecule has 0 aliphatic carbocycles. The highest BCUT2D eigenvalue weighted by atomic mass is 32.1. The van der Waals surface area contributed by atoms with E-state index in [1.54, 1.807) is 10.9 Å². The molecular weight excluding hydrogens is 258 g/mol. The van der Waals surface area contributed by atoms with Crippen LogP contribution in [0.4, 0.5) is 0 Å². The lowest BCUT2D eigenvalue weighted by Crippen LogP contribution is -2.27. The summed E-state index contributed by atoms with van der Waals surface area (Å²) in [6.07, 6.45) is 4.08. The molecule has 0 aromatic carbocycles. The summed E-state index contributed by atoms with van der Waals surface area (Å²) in [4.78, 5) is 16.4. The third-order valence-corrected chi connectivity index (χ3v) is 3.99. The predicted molar refractivity (Wildman–Crippen MR) is 80.8 cm³/mol. The highest BCUT2D eigenvalue weighted by Gasteiger charge is 2.04. The molecule has 5 heteroatoms. The van der Waals surface area contributed by atoms with Gasteiger partial charge in [0.2, 0.25) is 0 Å². The lowest BCUT2D eigenvalue weighted by atomic mass is 10.1. The largest absolute Gasteiger partial charge is 0.315 e. The second-order valence-corrected chi connectivity index (χ2v) is 6.08. The molecule has 0 aliphatic rings. The van der Waals surface area contributed by atoms with Gasteiger partial charge in [-0.25, -0.2) is 4.98 Å². The summed E-state index contributed by atoms with van der Waals surface area (Å²) in [5.74, 6) is 0.759. The van der Waals surface area contributed by atoms with Crippen LogP contribution in [0.2, 0.25) is 0 Å². The summed E-state index contributed by atoms with van der Waals surface area (Å²) in [7, 11) is 0. The van der Waals surface area contributed by atoms with Crippen LogP contribution in [-0.4, -0.2) is 22.6 Å². The first-order valence-electron chi connectivity index (χ1n) is 6.82. The molecular formula is C14H21N3OS. The Labute approximate surface area is 117 Å². The van der Waals surface area contributed by atoms with Crippen LogP contribution in [-0.2, 0) is 6.54 Å². The molecule has 1 N–H and O–H groups in total. The van der Waals surface area contributed by atoms with Crippen LogP contribution in [0.25, 0.3) is 10.2 Å². The molecule has 0 saturated carbocycles. The Balaban J connectivity index is 1.81. The first-order chi connectivity index (χ1) is 9.18. The standard InChI is InChI=1S/C14H21N3OS/c1-11(2)4-3-6-15-7-8-17-10-16-12-5-9-19-13(12)14(17)18/h5,9-11,15H,3-4,6-8H2,1-2H3. The van der Waals surface area contributed by atoms with Crippen molar-refractivity contribution in [2.75, 3.05) is 13.1 Å². The Morgan fingerprint density at radius 1 is 1.42 bits per heavy atom. The minimum absolute atomic E-state index is 0.0731. The highest BCUT2D eigenvalue weighted by Crippen LogP contribution is 2.12. The predicted octanol–water partition coefficient (Wildman–Crippen LogP) is 2.48. The smallest absolute Gasteiger partial charge is 0.271 e. The maximum absolute atomic E-state index is 12.1. The minimum atomic E-state index is 0.0731. The van der Waals surface area contributed by atoms with Crippen LogP contribution in [0.3, 0.4) is 0 Å². The molecule has 4 nitrogen and oxygen atoms in total. The van der Waals surface area contributed by atoms with E-state index in [0.29, 0.717) is 6.54 Å². The van der Waals surface area contributed by atoms with Gasteiger partial charge in [-0.15, -0.1) is 11.3 Å². The molecule has 0 bridgehead atoms. The lowest BCUT2D eigenvalue weighted by molar-refractivity contribution is 0.512. The normalized spacial score (nSPS) is 11.5. The van der Waals surface area contributed by atoms with Gasteiger partial charge >= 0.3 is 0 Å². The molecule has 2 rings (SSSR count). The second-order valence-electron chi connectivity index (χ2n) is 5.16. The topological polar surface area (TPSA) is 46.9 Å². The van der Waals surface area contributed by atoms with Gasteiger partial charge in [-0.2, -0.15) is 0 Å². The third kappa shape index (κ3) is 3.88. The van der Waals surface area contributed by atoms with Gasteiger partial charge in [-0.3, -0.25) is 9.36 Å². The monoisotopic (exact) mass is 279 g/mol. The van der Waals surface area contributed by atoms with Gasteiger partial charge in [0.05, 0.1) is 11.8 Å². The molecule has 19 heavy (non-hydrogen) atoms. The van der Waals surface area contributed by atoms with E-state index in [9.17, 15) is 4.79 Å². The molecule has 0 saturated heterocycles. The Morgan fingerprint density at radius 3 is 3.05 bits per heavy atom. The van der Waals surface area contributed by atoms with Crippen LogP contribution in [0.1, 0.15) is 26.7 Å². The van der Waals surface area contributed by atoms with Gasteiger partial charge in [0.15, 0.2) is 0 Å². The molecule has 104 valence electrons. The number of fused-ring (bicyclic) bond motifs is 1. The Kier molecular flexibility index (Phi) is 5.10. The number of hydrogen-bond acceptors (Lipinski definition) is 4. The van der Waals surface area contributed by atoms with E-state index in [1.807, 2.05) is 11.4 Å². The zero-order chi connectivity index (χ0) is 13.7. The fourth-order valence-corrected chi connectivity index (χ4v) is 2.79. The SMILES string of the molecule is CC(C)CCCNCCn1cnc2ccsc2c1=O. The zero-order valence-electron chi connectivity index (χ0n) is 11.6. The first kappa shape index (κ1) is 14.2. The molecule has 0 unspecified atom stereocenters. The quantitative estimate of drug-likeness (QED) is 0.792. The van der Waals surface area contributed by atoms with E-state index in [0.717, 1.165) is 29.2 Å². The van der Waals surface area contributed by atoms with Crippen LogP contribution < -0.4 is 10.9 Å². The molecule has 0 amide bonds. The van der Waals surface area contributed by atoms with Gasteiger partial charge < -0.3 is 5.32 Å². The van der Waals surface area contributed by atoms with E-state index < -0.39 is 0 Å². The van der Waals surface area contributed by atoms with Crippen molar-refractivity contribution in [3.05, 3.63) is 28.1 Å². The van der Waals surface area contributed by atoms with Crippen molar-refractivity contribution < 1.29 is 0 Å². The Bertz CT molecular complexity index is 573. The highest BCUT2D eigenvalue weighted by molar-refractivity contribution is 7.17. The van der Waals surface area contributed by atoms with Gasteiger partial charge in [0.1, 0.15) is 4.70 Å². The number of rotatable bonds is 7. The van der Waals surface area contributed by atoms with E-state index in [-0.39, 0.29) is 5.56 Å². The number of hydrogen-bond donors (Lipinski definition) is 1. The summed E-state index contributed by atoms with van der Waals surface area (Å²) in [6, 6.07) is 1.88. The van der Waals surface area contributed by atoms with Gasteiger partial charge in [-0.05, 0) is 36.8 Å². The fraction of sp³-hybridized carbons (Fsp3) is 0.571. The molecule has 0 atom stereocenters. The average molecular weight is 279 g/mol. The van der Waals surface area contributed by atoms with Crippen LogP contribution in [0.15, 0.2) is 22.6 Å². The Hall–Kier alpha value is -1.20. The number of thiophene rings is 1. The van der Waals surface area contributed by atoms with Gasteiger partial charge in [0, 0.05) is 13.1 Å². The summed E-state index contributed by atoms with van der Waals surface area (Å²) in [5.41, 5.74) is 0.875. The van der Waals surface area contributed by atoms with Crippen molar-refractivity contribution in [3.63, 3.8) is 0 Å². The fourth-order valence-electron chi connectivity index (χ4n) is 2.00. The maximum atomic E-state index is 12.1. The maximum Gasteiger partial charge on any atom is 0.271 e.